The summed E-state index contributed by atoms with van der Waals surface area (Å²) in [6, 6.07) is 7.34. The molecule has 1 fully saturated rings. The van der Waals surface area contributed by atoms with E-state index in [0.717, 1.165) is 29.9 Å². The number of rotatable bonds is 3. The van der Waals surface area contributed by atoms with Gasteiger partial charge in [0.1, 0.15) is 11.6 Å². The molecule has 4 heterocycles. The number of pyridine rings is 2. The highest BCUT2D eigenvalue weighted by molar-refractivity contribution is 5.95. The van der Waals surface area contributed by atoms with Crippen molar-refractivity contribution in [3.63, 3.8) is 0 Å². The standard InChI is InChI=1S/C23H24F2N6/c1-13-9-30(10-14(2)27-13)18-6-16-4-5-26-22(21(16)19(24)8-18)29-17-7-20(25)23-28-15(3)11-31(23)12-17/h4-8,11-14,27H,9-10H2,1-3H3,(H,26,29)/t13-,14+. The van der Waals surface area contributed by atoms with Gasteiger partial charge in [-0.1, -0.05) is 0 Å². The minimum absolute atomic E-state index is 0.254. The summed E-state index contributed by atoms with van der Waals surface area (Å²) in [5.74, 6) is -0.468. The number of hydrogen-bond acceptors (Lipinski definition) is 5. The second-order valence-corrected chi connectivity index (χ2v) is 8.37. The summed E-state index contributed by atoms with van der Waals surface area (Å²) >= 11 is 0. The van der Waals surface area contributed by atoms with Gasteiger partial charge in [-0.3, -0.25) is 0 Å². The van der Waals surface area contributed by atoms with Crippen LogP contribution in [0.4, 0.5) is 26.0 Å². The largest absolute Gasteiger partial charge is 0.368 e. The van der Waals surface area contributed by atoms with E-state index in [1.165, 1.54) is 6.07 Å². The van der Waals surface area contributed by atoms with Crippen LogP contribution in [-0.2, 0) is 0 Å². The number of aromatic nitrogens is 3. The number of aryl methyl sites for hydroxylation is 1. The predicted molar refractivity (Wildman–Crippen MR) is 119 cm³/mol. The van der Waals surface area contributed by atoms with Crippen LogP contribution in [0.2, 0.25) is 0 Å². The number of anilines is 3. The molecule has 0 amide bonds. The molecular weight excluding hydrogens is 398 g/mol. The van der Waals surface area contributed by atoms with Crippen molar-refractivity contribution in [2.75, 3.05) is 23.3 Å². The second kappa shape index (κ2) is 7.46. The van der Waals surface area contributed by atoms with Crippen molar-refractivity contribution in [2.24, 2.45) is 0 Å². The molecule has 0 spiro atoms. The van der Waals surface area contributed by atoms with Gasteiger partial charge in [-0.05, 0) is 44.4 Å². The van der Waals surface area contributed by atoms with Gasteiger partial charge < -0.3 is 19.9 Å². The molecule has 0 unspecified atom stereocenters. The van der Waals surface area contributed by atoms with Gasteiger partial charge in [0, 0.05) is 55.5 Å². The van der Waals surface area contributed by atoms with E-state index in [1.54, 1.807) is 42.0 Å². The van der Waals surface area contributed by atoms with Crippen molar-refractivity contribution in [1.29, 1.82) is 0 Å². The van der Waals surface area contributed by atoms with Crippen LogP contribution in [0.25, 0.3) is 16.4 Å². The summed E-state index contributed by atoms with van der Waals surface area (Å²) in [5.41, 5.74) is 2.29. The molecule has 0 bridgehead atoms. The minimum atomic E-state index is -0.456. The van der Waals surface area contributed by atoms with E-state index >= 15 is 4.39 Å². The summed E-state index contributed by atoms with van der Waals surface area (Å²) in [5, 5.41) is 7.69. The molecule has 0 aliphatic carbocycles. The van der Waals surface area contributed by atoms with E-state index in [4.69, 9.17) is 0 Å². The number of piperazine rings is 1. The predicted octanol–water partition coefficient (Wildman–Crippen LogP) is 4.40. The molecule has 1 aromatic carbocycles. The summed E-state index contributed by atoms with van der Waals surface area (Å²) < 4.78 is 31.3. The van der Waals surface area contributed by atoms with Crippen LogP contribution in [0, 0.1) is 18.6 Å². The average molecular weight is 422 g/mol. The Morgan fingerprint density at radius 3 is 2.61 bits per heavy atom. The Bertz CT molecular complexity index is 1270. The van der Waals surface area contributed by atoms with Gasteiger partial charge in [0.15, 0.2) is 11.5 Å². The molecule has 2 N–H and O–H groups in total. The molecule has 5 rings (SSSR count). The quantitative estimate of drug-likeness (QED) is 0.513. The normalized spacial score (nSPS) is 19.3. The Hall–Kier alpha value is -3.26. The maximum absolute atomic E-state index is 15.3. The lowest BCUT2D eigenvalue weighted by Gasteiger charge is -2.37. The monoisotopic (exact) mass is 422 g/mol. The molecule has 1 saturated heterocycles. The first-order valence-corrected chi connectivity index (χ1v) is 10.4. The maximum atomic E-state index is 15.3. The topological polar surface area (TPSA) is 57.5 Å². The number of nitrogens with one attached hydrogen (secondary N) is 2. The van der Waals surface area contributed by atoms with Crippen LogP contribution in [0.1, 0.15) is 19.5 Å². The van der Waals surface area contributed by atoms with Gasteiger partial charge in [0.05, 0.1) is 16.8 Å². The Kier molecular flexibility index (Phi) is 4.74. The summed E-state index contributed by atoms with van der Waals surface area (Å²) in [7, 11) is 0. The lowest BCUT2D eigenvalue weighted by Crippen LogP contribution is -2.54. The molecule has 160 valence electrons. The van der Waals surface area contributed by atoms with E-state index in [1.807, 2.05) is 6.07 Å². The van der Waals surface area contributed by atoms with Crippen LogP contribution in [0.5, 0.6) is 0 Å². The van der Waals surface area contributed by atoms with Gasteiger partial charge in [0.2, 0.25) is 0 Å². The molecule has 2 atom stereocenters. The lowest BCUT2D eigenvalue weighted by atomic mass is 10.1. The Balaban J connectivity index is 1.53. The fourth-order valence-corrected chi connectivity index (χ4v) is 4.45. The molecule has 0 radical (unpaired) electrons. The molecular formula is C23H24F2N6. The van der Waals surface area contributed by atoms with Gasteiger partial charge in [-0.25, -0.2) is 18.7 Å². The van der Waals surface area contributed by atoms with Crippen LogP contribution in [-0.4, -0.2) is 39.5 Å². The SMILES string of the molecule is Cc1cn2cc(Nc3nccc4cc(N5C[C@@H](C)N[C@@H](C)C5)cc(F)c34)cc(F)c2n1. The van der Waals surface area contributed by atoms with Crippen molar-refractivity contribution in [1.82, 2.24) is 19.7 Å². The molecule has 1 aliphatic rings. The molecule has 4 aromatic rings. The average Bonchev–Trinajstić information content (AvgIpc) is 3.08. The zero-order valence-electron chi connectivity index (χ0n) is 17.7. The number of nitrogens with zero attached hydrogens (tertiary/aromatic N) is 4. The third-order valence-corrected chi connectivity index (χ3v) is 5.61. The Morgan fingerprint density at radius 2 is 1.84 bits per heavy atom. The number of hydrogen-bond donors (Lipinski definition) is 2. The molecule has 3 aromatic heterocycles. The molecule has 1 aliphatic heterocycles. The zero-order chi connectivity index (χ0) is 21.7. The highest BCUT2D eigenvalue weighted by Crippen LogP contribution is 2.32. The second-order valence-electron chi connectivity index (χ2n) is 8.37. The fourth-order valence-electron chi connectivity index (χ4n) is 4.45. The Morgan fingerprint density at radius 1 is 1.06 bits per heavy atom. The molecule has 31 heavy (non-hydrogen) atoms. The smallest absolute Gasteiger partial charge is 0.173 e. The number of halogens is 2. The van der Waals surface area contributed by atoms with Crippen molar-refractivity contribution in [3.05, 3.63) is 60.2 Å². The van der Waals surface area contributed by atoms with Crippen molar-refractivity contribution in [2.45, 2.75) is 32.9 Å². The minimum Gasteiger partial charge on any atom is -0.368 e. The summed E-state index contributed by atoms with van der Waals surface area (Å²) in [4.78, 5) is 10.7. The lowest BCUT2D eigenvalue weighted by molar-refractivity contribution is 0.407. The van der Waals surface area contributed by atoms with Crippen LogP contribution in [0.3, 0.4) is 0 Å². The van der Waals surface area contributed by atoms with E-state index < -0.39 is 5.82 Å². The van der Waals surface area contributed by atoms with Crippen molar-refractivity contribution in [3.8, 4) is 0 Å². The van der Waals surface area contributed by atoms with Gasteiger partial charge in [-0.2, -0.15) is 0 Å². The first kappa shape index (κ1) is 19.7. The van der Waals surface area contributed by atoms with E-state index in [2.05, 4.69) is 39.3 Å². The van der Waals surface area contributed by atoms with Crippen LogP contribution in [0.15, 0.2) is 42.9 Å². The first-order chi connectivity index (χ1) is 14.9. The number of imidazole rings is 1. The van der Waals surface area contributed by atoms with Gasteiger partial charge in [-0.15, -0.1) is 0 Å². The third-order valence-electron chi connectivity index (χ3n) is 5.61. The number of benzene rings is 1. The highest BCUT2D eigenvalue weighted by atomic mass is 19.1. The molecule has 0 saturated carbocycles. The van der Waals surface area contributed by atoms with Crippen LogP contribution < -0.4 is 15.5 Å². The molecule has 6 nitrogen and oxygen atoms in total. The van der Waals surface area contributed by atoms with Crippen molar-refractivity contribution >= 4 is 33.6 Å². The van der Waals surface area contributed by atoms with E-state index in [-0.39, 0.29) is 11.5 Å². The van der Waals surface area contributed by atoms with Crippen molar-refractivity contribution < 1.29 is 8.78 Å². The zero-order valence-corrected chi connectivity index (χ0v) is 17.7. The third kappa shape index (κ3) is 3.67. The van der Waals surface area contributed by atoms with Gasteiger partial charge in [0.25, 0.3) is 0 Å². The highest BCUT2D eigenvalue weighted by Gasteiger charge is 2.22. The summed E-state index contributed by atoms with van der Waals surface area (Å²) in [6.45, 7) is 7.69. The fraction of sp³-hybridized carbons (Fsp3) is 0.304. The Labute approximate surface area is 178 Å². The van der Waals surface area contributed by atoms with Crippen LogP contribution >= 0.6 is 0 Å². The number of fused-ring (bicyclic) bond motifs is 2. The maximum Gasteiger partial charge on any atom is 0.173 e. The molecule has 8 heteroatoms. The first-order valence-electron chi connectivity index (χ1n) is 10.4. The van der Waals surface area contributed by atoms with E-state index in [0.29, 0.717) is 29.0 Å². The summed E-state index contributed by atoms with van der Waals surface area (Å²) in [6.07, 6.45) is 5.09. The van der Waals surface area contributed by atoms with E-state index in [9.17, 15) is 4.39 Å². The van der Waals surface area contributed by atoms with Gasteiger partial charge >= 0.3 is 0 Å².